The maximum absolute atomic E-state index is 12.2. The van der Waals surface area contributed by atoms with Gasteiger partial charge in [0.2, 0.25) is 5.91 Å². The zero-order valence-electron chi connectivity index (χ0n) is 14.2. The first kappa shape index (κ1) is 19.1. The van der Waals surface area contributed by atoms with Crippen LogP contribution in [0.1, 0.15) is 26.3 Å². The van der Waals surface area contributed by atoms with Gasteiger partial charge in [0.25, 0.3) is 0 Å². The van der Waals surface area contributed by atoms with Crippen LogP contribution in [-0.2, 0) is 4.79 Å². The first-order valence-electron chi connectivity index (χ1n) is 7.54. The van der Waals surface area contributed by atoms with E-state index in [0.29, 0.717) is 36.2 Å². The lowest BCUT2D eigenvalue weighted by Gasteiger charge is -2.19. The molecular formula is C18H24ClNO3. The van der Waals surface area contributed by atoms with Crippen molar-refractivity contribution in [1.29, 1.82) is 0 Å². The van der Waals surface area contributed by atoms with Crippen LogP contribution in [0.2, 0.25) is 5.02 Å². The van der Waals surface area contributed by atoms with Crippen molar-refractivity contribution in [2.75, 3.05) is 26.8 Å². The zero-order chi connectivity index (χ0) is 17.4. The summed E-state index contributed by atoms with van der Waals surface area (Å²) in [7, 11) is 1.54. The van der Waals surface area contributed by atoms with Crippen LogP contribution < -0.4 is 9.47 Å². The summed E-state index contributed by atoms with van der Waals surface area (Å²) < 4.78 is 10.8. The highest BCUT2D eigenvalue weighted by molar-refractivity contribution is 6.32. The fourth-order valence-corrected chi connectivity index (χ4v) is 2.39. The molecule has 5 heteroatoms. The zero-order valence-corrected chi connectivity index (χ0v) is 14.9. The normalized spacial score (nSPS) is 10.7. The van der Waals surface area contributed by atoms with Gasteiger partial charge in [-0.1, -0.05) is 23.8 Å². The summed E-state index contributed by atoms with van der Waals surface area (Å²) in [6.45, 7) is 11.2. The third-order valence-electron chi connectivity index (χ3n) is 3.11. The van der Waals surface area contributed by atoms with Crippen LogP contribution in [0.5, 0.6) is 11.5 Å². The number of likely N-dealkylation sites (N-methyl/N-ethyl adjacent to an activating group) is 1. The van der Waals surface area contributed by atoms with Crippen molar-refractivity contribution in [1.82, 2.24) is 4.90 Å². The monoisotopic (exact) mass is 337 g/mol. The second kappa shape index (κ2) is 9.26. The second-order valence-electron chi connectivity index (χ2n) is 5.11. The molecule has 126 valence electrons. The lowest BCUT2D eigenvalue weighted by Crippen LogP contribution is -2.30. The molecule has 0 radical (unpaired) electrons. The Morgan fingerprint density at radius 3 is 2.61 bits per heavy atom. The van der Waals surface area contributed by atoms with Crippen LogP contribution in [0.25, 0.3) is 6.08 Å². The summed E-state index contributed by atoms with van der Waals surface area (Å²) in [6.07, 6.45) is 3.25. The third kappa shape index (κ3) is 5.64. The highest BCUT2D eigenvalue weighted by Crippen LogP contribution is 2.36. The Hall–Kier alpha value is -1.94. The number of carbonyl (C=O) groups is 1. The van der Waals surface area contributed by atoms with E-state index in [-0.39, 0.29) is 5.91 Å². The summed E-state index contributed by atoms with van der Waals surface area (Å²) in [5.41, 5.74) is 1.72. The molecule has 1 aromatic carbocycles. The van der Waals surface area contributed by atoms with Crippen LogP contribution in [0, 0.1) is 0 Å². The Kier molecular flexibility index (Phi) is 7.69. The molecule has 0 spiro atoms. The quantitative estimate of drug-likeness (QED) is 0.527. The van der Waals surface area contributed by atoms with E-state index in [0.717, 1.165) is 11.1 Å². The minimum absolute atomic E-state index is 0.0691. The number of carbonyl (C=O) groups excluding carboxylic acids is 1. The molecule has 0 saturated heterocycles. The highest BCUT2D eigenvalue weighted by Gasteiger charge is 2.11. The molecule has 0 aliphatic rings. The van der Waals surface area contributed by atoms with Crippen molar-refractivity contribution in [3.05, 3.63) is 40.9 Å². The summed E-state index contributed by atoms with van der Waals surface area (Å²) in [5, 5.41) is 0.444. The number of methoxy groups -OCH3 is 1. The topological polar surface area (TPSA) is 38.8 Å². The van der Waals surface area contributed by atoms with Gasteiger partial charge in [0.05, 0.1) is 18.7 Å². The molecule has 1 aromatic rings. The van der Waals surface area contributed by atoms with Crippen LogP contribution >= 0.6 is 11.6 Å². The van der Waals surface area contributed by atoms with Crippen molar-refractivity contribution in [3.63, 3.8) is 0 Å². The number of halogens is 1. The molecule has 0 N–H and O–H groups in total. The minimum atomic E-state index is -0.0691. The number of rotatable bonds is 8. The number of benzene rings is 1. The lowest BCUT2D eigenvalue weighted by molar-refractivity contribution is -0.125. The number of hydrogen-bond acceptors (Lipinski definition) is 3. The summed E-state index contributed by atoms with van der Waals surface area (Å²) >= 11 is 6.20. The van der Waals surface area contributed by atoms with Gasteiger partial charge < -0.3 is 14.4 Å². The average Bonchev–Trinajstić information content (AvgIpc) is 2.50. The van der Waals surface area contributed by atoms with Gasteiger partial charge in [-0.25, -0.2) is 0 Å². The molecule has 1 amide bonds. The van der Waals surface area contributed by atoms with Gasteiger partial charge in [-0.3, -0.25) is 4.79 Å². The molecule has 0 unspecified atom stereocenters. The van der Waals surface area contributed by atoms with Crippen LogP contribution in [-0.4, -0.2) is 37.6 Å². The van der Waals surface area contributed by atoms with Gasteiger partial charge >= 0.3 is 0 Å². The molecule has 0 aromatic heterocycles. The van der Waals surface area contributed by atoms with E-state index >= 15 is 0 Å². The summed E-state index contributed by atoms with van der Waals surface area (Å²) in [6, 6.07) is 3.54. The third-order valence-corrected chi connectivity index (χ3v) is 3.39. The fourth-order valence-electron chi connectivity index (χ4n) is 2.09. The van der Waals surface area contributed by atoms with Crippen LogP contribution in [0.4, 0.5) is 0 Å². The number of nitrogens with zero attached hydrogens (tertiary/aromatic N) is 1. The van der Waals surface area contributed by atoms with Crippen molar-refractivity contribution in [3.8, 4) is 11.5 Å². The molecule has 0 aliphatic heterocycles. The Morgan fingerprint density at radius 2 is 2.09 bits per heavy atom. The number of amides is 1. The first-order valence-corrected chi connectivity index (χ1v) is 7.92. The van der Waals surface area contributed by atoms with E-state index in [1.807, 2.05) is 20.8 Å². The van der Waals surface area contributed by atoms with Crippen molar-refractivity contribution in [2.45, 2.75) is 20.8 Å². The first-order chi connectivity index (χ1) is 10.9. The van der Waals surface area contributed by atoms with Gasteiger partial charge in [0.15, 0.2) is 11.5 Å². The predicted molar refractivity (Wildman–Crippen MR) is 95.3 cm³/mol. The molecular weight excluding hydrogens is 314 g/mol. The van der Waals surface area contributed by atoms with Gasteiger partial charge in [0, 0.05) is 19.2 Å². The van der Waals surface area contributed by atoms with Gasteiger partial charge in [-0.05, 0) is 44.5 Å². The Bertz CT molecular complexity index is 596. The maximum atomic E-state index is 12.2. The number of ether oxygens (including phenoxy) is 2. The fraction of sp³-hybridized carbons (Fsp3) is 0.389. The SMILES string of the molecule is C=C(C)CN(CC)C(=O)/C=C/c1cc(Cl)c(OC)c(OCC)c1. The smallest absolute Gasteiger partial charge is 0.246 e. The Labute approximate surface area is 143 Å². The van der Waals surface area contributed by atoms with E-state index in [2.05, 4.69) is 6.58 Å². The maximum Gasteiger partial charge on any atom is 0.246 e. The van der Waals surface area contributed by atoms with Crippen molar-refractivity contribution < 1.29 is 14.3 Å². The number of hydrogen-bond donors (Lipinski definition) is 0. The van der Waals surface area contributed by atoms with Crippen molar-refractivity contribution in [2.24, 2.45) is 0 Å². The molecule has 1 rings (SSSR count). The molecule has 0 fully saturated rings. The Morgan fingerprint density at radius 1 is 1.39 bits per heavy atom. The molecule has 23 heavy (non-hydrogen) atoms. The Balaban J connectivity index is 2.99. The van der Waals surface area contributed by atoms with Crippen LogP contribution in [0.15, 0.2) is 30.4 Å². The lowest BCUT2D eigenvalue weighted by atomic mass is 10.1. The summed E-state index contributed by atoms with van der Waals surface area (Å²) in [4.78, 5) is 13.9. The molecule has 0 heterocycles. The van der Waals surface area contributed by atoms with Gasteiger partial charge in [0.1, 0.15) is 0 Å². The van der Waals surface area contributed by atoms with E-state index in [1.54, 1.807) is 30.2 Å². The predicted octanol–water partition coefficient (Wildman–Crippen LogP) is 4.19. The average molecular weight is 338 g/mol. The van der Waals surface area contributed by atoms with E-state index in [1.165, 1.54) is 6.08 Å². The largest absolute Gasteiger partial charge is 0.491 e. The van der Waals surface area contributed by atoms with Gasteiger partial charge in [-0.2, -0.15) is 0 Å². The van der Waals surface area contributed by atoms with E-state index < -0.39 is 0 Å². The molecule has 4 nitrogen and oxygen atoms in total. The second-order valence-corrected chi connectivity index (χ2v) is 5.52. The van der Waals surface area contributed by atoms with Crippen LogP contribution in [0.3, 0.4) is 0 Å². The van der Waals surface area contributed by atoms with E-state index in [9.17, 15) is 4.79 Å². The molecule has 0 bridgehead atoms. The molecule has 0 atom stereocenters. The standard InChI is InChI=1S/C18H24ClNO3/c1-6-20(12-13(3)4)17(21)9-8-14-10-15(19)18(22-5)16(11-14)23-7-2/h8-11H,3,6-7,12H2,1-2,4-5H3/b9-8+. The minimum Gasteiger partial charge on any atom is -0.491 e. The highest BCUT2D eigenvalue weighted by atomic mass is 35.5. The molecule has 0 saturated carbocycles. The summed E-state index contributed by atoms with van der Waals surface area (Å²) in [5.74, 6) is 0.985. The van der Waals surface area contributed by atoms with Gasteiger partial charge in [-0.15, -0.1) is 0 Å². The molecule has 0 aliphatic carbocycles. The van der Waals surface area contributed by atoms with Crippen molar-refractivity contribution >= 4 is 23.6 Å². The van der Waals surface area contributed by atoms with E-state index in [4.69, 9.17) is 21.1 Å².